The van der Waals surface area contributed by atoms with E-state index >= 15 is 0 Å². The molecule has 1 aromatic heterocycles. The van der Waals surface area contributed by atoms with E-state index < -0.39 is 0 Å². The minimum Gasteiger partial charge on any atom is -0.323 e. The van der Waals surface area contributed by atoms with Crippen molar-refractivity contribution in [3.05, 3.63) is 42.1 Å². The molecule has 0 fully saturated rings. The highest BCUT2D eigenvalue weighted by molar-refractivity contribution is 7.99. The summed E-state index contributed by atoms with van der Waals surface area (Å²) in [6.45, 7) is 4.46. The van der Waals surface area contributed by atoms with Crippen molar-refractivity contribution in [1.29, 1.82) is 0 Å². The first-order chi connectivity index (χ1) is 8.66. The Morgan fingerprint density at radius 2 is 2.00 bits per heavy atom. The van der Waals surface area contributed by atoms with Gasteiger partial charge >= 0.3 is 0 Å². The maximum Gasteiger partial charge on any atom is 0.0702 e. The molecule has 0 spiro atoms. The third kappa shape index (κ3) is 3.47. The van der Waals surface area contributed by atoms with E-state index in [1.54, 1.807) is 0 Å². The van der Waals surface area contributed by atoms with Gasteiger partial charge in [0, 0.05) is 23.4 Å². The van der Waals surface area contributed by atoms with E-state index in [2.05, 4.69) is 31.0 Å². The van der Waals surface area contributed by atoms with E-state index in [1.165, 1.54) is 5.39 Å². The van der Waals surface area contributed by atoms with Gasteiger partial charge in [0.25, 0.3) is 0 Å². The first-order valence-corrected chi connectivity index (χ1v) is 7.50. The maximum atomic E-state index is 6.21. The molecule has 96 valence electrons. The Balaban J connectivity index is 2.06. The summed E-state index contributed by atoms with van der Waals surface area (Å²) in [5, 5.41) is 1.17. The number of rotatable bonds is 5. The molecule has 2 N–H and O–H groups in total. The molecule has 2 rings (SSSR count). The van der Waals surface area contributed by atoms with Crippen LogP contribution in [-0.4, -0.2) is 16.5 Å². The van der Waals surface area contributed by atoms with Crippen LogP contribution in [0.15, 0.2) is 36.5 Å². The van der Waals surface area contributed by atoms with Crippen LogP contribution in [0.25, 0.3) is 10.9 Å². The van der Waals surface area contributed by atoms with Crippen molar-refractivity contribution in [2.45, 2.75) is 19.9 Å². The lowest BCUT2D eigenvalue weighted by atomic mass is 10.1. The van der Waals surface area contributed by atoms with Gasteiger partial charge in [-0.05, 0) is 29.4 Å². The summed E-state index contributed by atoms with van der Waals surface area (Å²) in [4.78, 5) is 4.46. The molecular weight excluding hydrogens is 240 g/mol. The number of benzene rings is 1. The second kappa shape index (κ2) is 6.21. The Kier molecular flexibility index (Phi) is 4.61. The lowest BCUT2D eigenvalue weighted by Crippen LogP contribution is -2.14. The maximum absolute atomic E-state index is 6.21. The van der Waals surface area contributed by atoms with Crippen molar-refractivity contribution in [3.8, 4) is 0 Å². The molecule has 0 saturated heterocycles. The molecule has 3 heteroatoms. The number of nitrogens with two attached hydrogens (primary N) is 1. The minimum atomic E-state index is 0.0749. The lowest BCUT2D eigenvalue weighted by Gasteiger charge is -2.13. The number of nitrogens with zero attached hydrogens (tertiary/aromatic N) is 1. The predicted molar refractivity (Wildman–Crippen MR) is 80.8 cm³/mol. The molecule has 0 saturated carbocycles. The van der Waals surface area contributed by atoms with Crippen molar-refractivity contribution < 1.29 is 0 Å². The molecule has 2 aromatic rings. The van der Waals surface area contributed by atoms with Crippen LogP contribution in [0.5, 0.6) is 0 Å². The summed E-state index contributed by atoms with van der Waals surface area (Å²) in [5.41, 5.74) is 8.37. The monoisotopic (exact) mass is 260 g/mol. The van der Waals surface area contributed by atoms with Crippen LogP contribution in [0.3, 0.4) is 0 Å². The molecule has 0 aliphatic heterocycles. The van der Waals surface area contributed by atoms with Crippen molar-refractivity contribution >= 4 is 22.7 Å². The van der Waals surface area contributed by atoms with Gasteiger partial charge in [0.1, 0.15) is 0 Å². The van der Waals surface area contributed by atoms with Crippen LogP contribution >= 0.6 is 11.8 Å². The average Bonchev–Trinajstić information content (AvgIpc) is 2.37. The molecular formula is C15H20N2S. The predicted octanol–water partition coefficient (Wildman–Crippen LogP) is 3.62. The fourth-order valence-corrected chi connectivity index (χ4v) is 2.87. The summed E-state index contributed by atoms with van der Waals surface area (Å²) in [5.74, 6) is 2.84. The molecule has 2 nitrogen and oxygen atoms in total. The van der Waals surface area contributed by atoms with Gasteiger partial charge in [-0.3, -0.25) is 4.98 Å². The smallest absolute Gasteiger partial charge is 0.0702 e. The highest BCUT2D eigenvalue weighted by atomic mass is 32.2. The van der Waals surface area contributed by atoms with E-state index in [0.717, 1.165) is 28.5 Å². The second-order valence-electron chi connectivity index (χ2n) is 5.00. The van der Waals surface area contributed by atoms with Crippen LogP contribution in [0.2, 0.25) is 0 Å². The number of aromatic nitrogens is 1. The number of fused-ring (bicyclic) bond motifs is 1. The Morgan fingerprint density at radius 3 is 2.78 bits per heavy atom. The molecule has 0 aliphatic rings. The highest BCUT2D eigenvalue weighted by Crippen LogP contribution is 2.20. The topological polar surface area (TPSA) is 38.9 Å². The minimum absolute atomic E-state index is 0.0749. The number of hydrogen-bond acceptors (Lipinski definition) is 3. The van der Waals surface area contributed by atoms with Gasteiger partial charge in [0.15, 0.2) is 0 Å². The number of pyridine rings is 1. The third-order valence-corrected chi connectivity index (χ3v) is 4.29. The van der Waals surface area contributed by atoms with Crippen molar-refractivity contribution in [2.75, 3.05) is 11.5 Å². The van der Waals surface area contributed by atoms with Crippen LogP contribution in [0, 0.1) is 5.92 Å². The van der Waals surface area contributed by atoms with Crippen molar-refractivity contribution in [1.82, 2.24) is 4.98 Å². The zero-order chi connectivity index (χ0) is 13.0. The van der Waals surface area contributed by atoms with Gasteiger partial charge < -0.3 is 5.73 Å². The van der Waals surface area contributed by atoms with Gasteiger partial charge in [-0.25, -0.2) is 0 Å². The van der Waals surface area contributed by atoms with Crippen LogP contribution in [0.4, 0.5) is 0 Å². The Bertz CT molecular complexity index is 511. The fourth-order valence-electron chi connectivity index (χ4n) is 1.82. The Hall–Kier alpha value is -1.06. The number of hydrogen-bond donors (Lipinski definition) is 1. The van der Waals surface area contributed by atoms with E-state index in [1.807, 2.05) is 36.2 Å². The summed E-state index contributed by atoms with van der Waals surface area (Å²) < 4.78 is 0. The van der Waals surface area contributed by atoms with Crippen LogP contribution in [0.1, 0.15) is 25.5 Å². The number of para-hydroxylation sites is 1. The molecule has 1 aromatic carbocycles. The molecule has 0 amide bonds. The van der Waals surface area contributed by atoms with E-state index in [-0.39, 0.29) is 6.04 Å². The van der Waals surface area contributed by atoms with Gasteiger partial charge in [-0.15, -0.1) is 0 Å². The summed E-state index contributed by atoms with van der Waals surface area (Å²) in [7, 11) is 0. The molecule has 0 bridgehead atoms. The summed E-state index contributed by atoms with van der Waals surface area (Å²) >= 11 is 1.92. The molecule has 18 heavy (non-hydrogen) atoms. The average molecular weight is 260 g/mol. The molecule has 0 aliphatic carbocycles. The van der Waals surface area contributed by atoms with Crippen molar-refractivity contribution in [3.63, 3.8) is 0 Å². The van der Waals surface area contributed by atoms with E-state index in [4.69, 9.17) is 5.73 Å². The molecule has 0 radical (unpaired) electrons. The first-order valence-electron chi connectivity index (χ1n) is 6.35. The second-order valence-corrected chi connectivity index (χ2v) is 6.07. The molecule has 1 heterocycles. The Morgan fingerprint density at radius 1 is 1.22 bits per heavy atom. The quantitative estimate of drug-likeness (QED) is 0.892. The normalized spacial score (nSPS) is 13.1. The lowest BCUT2D eigenvalue weighted by molar-refractivity contribution is 0.746. The molecule has 1 unspecified atom stereocenters. The summed E-state index contributed by atoms with van der Waals surface area (Å²) in [6.07, 6.45) is 1.91. The number of thioether (sulfide) groups is 1. The third-order valence-electron chi connectivity index (χ3n) is 2.79. The SMILES string of the molecule is CC(C)CSCC(N)c1cnc2ccccc2c1. The van der Waals surface area contributed by atoms with Gasteiger partial charge in [-0.2, -0.15) is 11.8 Å². The standard InChI is InChI=1S/C15H20N2S/c1-11(2)9-18-10-14(16)13-7-12-5-3-4-6-15(12)17-8-13/h3-8,11,14H,9-10,16H2,1-2H3. The van der Waals surface area contributed by atoms with Crippen molar-refractivity contribution in [2.24, 2.45) is 11.7 Å². The zero-order valence-corrected chi connectivity index (χ0v) is 11.8. The zero-order valence-electron chi connectivity index (χ0n) is 11.0. The van der Waals surface area contributed by atoms with E-state index in [0.29, 0.717) is 0 Å². The summed E-state index contributed by atoms with van der Waals surface area (Å²) in [6, 6.07) is 10.4. The highest BCUT2D eigenvalue weighted by Gasteiger charge is 2.08. The largest absolute Gasteiger partial charge is 0.323 e. The molecule has 1 atom stereocenters. The fraction of sp³-hybridized carbons (Fsp3) is 0.400. The van der Waals surface area contributed by atoms with Gasteiger partial charge in [0.05, 0.1) is 5.52 Å². The first kappa shape index (κ1) is 13.4. The van der Waals surface area contributed by atoms with Gasteiger partial charge in [0.2, 0.25) is 0 Å². The van der Waals surface area contributed by atoms with Crippen LogP contribution < -0.4 is 5.73 Å². The van der Waals surface area contributed by atoms with Crippen LogP contribution in [-0.2, 0) is 0 Å². The van der Waals surface area contributed by atoms with Gasteiger partial charge in [-0.1, -0.05) is 32.0 Å². The van der Waals surface area contributed by atoms with E-state index in [9.17, 15) is 0 Å². The Labute approximate surface area is 113 Å².